The zero-order valence-electron chi connectivity index (χ0n) is 11.1. The summed E-state index contributed by atoms with van der Waals surface area (Å²) in [6, 6.07) is 10.5. The van der Waals surface area contributed by atoms with Crippen LogP contribution in [0.4, 0.5) is 17.1 Å². The highest BCUT2D eigenvalue weighted by molar-refractivity contribution is 5.83. The van der Waals surface area contributed by atoms with Gasteiger partial charge in [0, 0.05) is 24.4 Å². The Morgan fingerprint density at radius 2 is 1.67 bits per heavy atom. The maximum Gasteiger partial charge on any atom is 0.274 e. The number of non-ortho nitro benzene ring substituents is 1. The number of rotatable bonds is 4. The van der Waals surface area contributed by atoms with Gasteiger partial charge >= 0.3 is 0 Å². The second-order valence-electron chi connectivity index (χ2n) is 4.29. The molecule has 0 fully saturated rings. The lowest BCUT2D eigenvalue weighted by molar-refractivity contribution is -0.385. The number of hydrogen-bond acceptors (Lipinski definition) is 5. The minimum absolute atomic E-state index is 0.00122. The fraction of sp³-hybridized carbons (Fsp3) is 0.0714. The summed E-state index contributed by atoms with van der Waals surface area (Å²) in [5, 5.41) is 21.4. The van der Waals surface area contributed by atoms with Gasteiger partial charge in [0.2, 0.25) is 0 Å². The molecule has 0 aliphatic carbocycles. The topological polar surface area (TPSA) is 98.6 Å². The second-order valence-corrected chi connectivity index (χ2v) is 4.29. The lowest BCUT2D eigenvalue weighted by Crippen LogP contribution is -1.91. The molecular weight excluding hydrogens is 274 g/mol. The molecule has 0 amide bonds. The van der Waals surface area contributed by atoms with E-state index in [1.165, 1.54) is 24.4 Å². The summed E-state index contributed by atoms with van der Waals surface area (Å²) in [5.41, 5.74) is 1.64. The third-order valence-electron chi connectivity index (χ3n) is 2.93. The fourth-order valence-corrected chi connectivity index (χ4v) is 1.78. The van der Waals surface area contributed by atoms with Crippen molar-refractivity contribution < 1.29 is 9.85 Å². The average molecular weight is 285 g/mol. The van der Waals surface area contributed by atoms with Gasteiger partial charge in [0.25, 0.3) is 11.4 Å². The van der Waals surface area contributed by atoms with Gasteiger partial charge in [0.15, 0.2) is 0 Å². The largest absolute Gasteiger partial charge is 0.274 e. The summed E-state index contributed by atoms with van der Waals surface area (Å²) >= 11 is 0. The van der Waals surface area contributed by atoms with Crippen LogP contribution in [0, 0.1) is 27.2 Å². The summed E-state index contributed by atoms with van der Waals surface area (Å²) in [5.74, 6) is 0. The van der Waals surface area contributed by atoms with Crippen molar-refractivity contribution in [3.05, 3.63) is 73.8 Å². The molecule has 7 heteroatoms. The average Bonchev–Trinajstić information content (AvgIpc) is 2.46. The Balaban J connectivity index is 2.27. The quantitative estimate of drug-likeness (QED) is 0.487. The number of aliphatic imine (C=N–C) groups is 1. The molecule has 0 unspecified atom stereocenters. The van der Waals surface area contributed by atoms with Crippen LogP contribution in [0.25, 0.3) is 0 Å². The molecular formula is C14H11N3O4. The SMILES string of the molecule is Cc1c(N=Cc2ccc([N+](=O)[O-])cc2)cccc1[N+](=O)[O-]. The van der Waals surface area contributed by atoms with Gasteiger partial charge in [-0.25, -0.2) is 0 Å². The highest BCUT2D eigenvalue weighted by Crippen LogP contribution is 2.27. The Kier molecular flexibility index (Phi) is 4.03. The van der Waals surface area contributed by atoms with Crippen molar-refractivity contribution in [2.24, 2.45) is 4.99 Å². The van der Waals surface area contributed by atoms with Crippen molar-refractivity contribution in [3.8, 4) is 0 Å². The third-order valence-corrected chi connectivity index (χ3v) is 2.93. The highest BCUT2D eigenvalue weighted by atomic mass is 16.6. The van der Waals surface area contributed by atoms with Crippen LogP contribution < -0.4 is 0 Å². The molecule has 0 spiro atoms. The molecule has 2 aromatic rings. The van der Waals surface area contributed by atoms with Crippen molar-refractivity contribution in [3.63, 3.8) is 0 Å². The fourth-order valence-electron chi connectivity index (χ4n) is 1.78. The smallest absolute Gasteiger partial charge is 0.258 e. The number of nitro benzene ring substituents is 2. The van der Waals surface area contributed by atoms with E-state index >= 15 is 0 Å². The van der Waals surface area contributed by atoms with Crippen LogP contribution in [0.3, 0.4) is 0 Å². The molecule has 0 radical (unpaired) electrons. The summed E-state index contributed by atoms with van der Waals surface area (Å²) in [6.45, 7) is 1.63. The van der Waals surface area contributed by atoms with E-state index in [0.717, 1.165) is 0 Å². The monoisotopic (exact) mass is 285 g/mol. The van der Waals surface area contributed by atoms with Crippen LogP contribution >= 0.6 is 0 Å². The molecule has 0 saturated carbocycles. The number of benzene rings is 2. The molecule has 0 aliphatic heterocycles. The van der Waals surface area contributed by atoms with Gasteiger partial charge in [-0.15, -0.1) is 0 Å². The van der Waals surface area contributed by atoms with E-state index in [0.29, 0.717) is 16.8 Å². The van der Waals surface area contributed by atoms with Crippen LogP contribution in [-0.2, 0) is 0 Å². The van der Waals surface area contributed by atoms with E-state index in [2.05, 4.69) is 4.99 Å². The van der Waals surface area contributed by atoms with Gasteiger partial charge in [-0.2, -0.15) is 0 Å². The Bertz CT molecular complexity index is 723. The van der Waals surface area contributed by atoms with E-state index in [1.807, 2.05) is 0 Å². The van der Waals surface area contributed by atoms with Gasteiger partial charge < -0.3 is 0 Å². The van der Waals surface area contributed by atoms with Crippen LogP contribution in [-0.4, -0.2) is 16.1 Å². The van der Waals surface area contributed by atoms with Crippen LogP contribution in [0.5, 0.6) is 0 Å². The van der Waals surface area contributed by atoms with E-state index < -0.39 is 9.85 Å². The predicted octanol–water partition coefficient (Wildman–Crippen LogP) is 3.56. The van der Waals surface area contributed by atoms with Gasteiger partial charge in [-0.1, -0.05) is 6.07 Å². The van der Waals surface area contributed by atoms with Gasteiger partial charge in [-0.05, 0) is 30.7 Å². The molecule has 2 aromatic carbocycles. The van der Waals surface area contributed by atoms with Crippen molar-refractivity contribution >= 4 is 23.3 Å². The molecule has 2 rings (SSSR count). The second kappa shape index (κ2) is 5.91. The molecule has 0 bridgehead atoms. The Morgan fingerprint density at radius 1 is 1.00 bits per heavy atom. The lowest BCUT2D eigenvalue weighted by atomic mass is 10.1. The van der Waals surface area contributed by atoms with Crippen molar-refractivity contribution in [2.45, 2.75) is 6.92 Å². The van der Waals surface area contributed by atoms with E-state index in [-0.39, 0.29) is 11.4 Å². The molecule has 0 heterocycles. The molecule has 0 N–H and O–H groups in total. The number of hydrogen-bond donors (Lipinski definition) is 0. The highest BCUT2D eigenvalue weighted by Gasteiger charge is 2.12. The Hall–Kier alpha value is -3.09. The van der Waals surface area contributed by atoms with Crippen molar-refractivity contribution in [1.29, 1.82) is 0 Å². The van der Waals surface area contributed by atoms with Gasteiger partial charge in [0.05, 0.1) is 21.1 Å². The maximum atomic E-state index is 10.8. The minimum atomic E-state index is -0.481. The standard InChI is InChI=1S/C14H11N3O4/c1-10-13(3-2-4-14(10)17(20)21)15-9-11-5-7-12(8-6-11)16(18)19/h2-9H,1H3. The first-order valence-electron chi connectivity index (χ1n) is 6.01. The van der Waals surface area contributed by atoms with Crippen molar-refractivity contribution in [2.75, 3.05) is 0 Å². The molecule has 7 nitrogen and oxygen atoms in total. The van der Waals surface area contributed by atoms with Crippen LogP contribution in [0.1, 0.15) is 11.1 Å². The van der Waals surface area contributed by atoms with E-state index in [9.17, 15) is 20.2 Å². The minimum Gasteiger partial charge on any atom is -0.258 e. The van der Waals surface area contributed by atoms with E-state index in [4.69, 9.17) is 0 Å². The first-order valence-corrected chi connectivity index (χ1v) is 6.01. The number of nitro groups is 2. The van der Waals surface area contributed by atoms with Gasteiger partial charge in [-0.3, -0.25) is 25.2 Å². The summed E-state index contributed by atoms with van der Waals surface area (Å²) in [6.07, 6.45) is 1.51. The van der Waals surface area contributed by atoms with Gasteiger partial charge in [0.1, 0.15) is 0 Å². The number of nitrogens with zero attached hydrogens (tertiary/aromatic N) is 3. The van der Waals surface area contributed by atoms with Crippen LogP contribution in [0.2, 0.25) is 0 Å². The van der Waals surface area contributed by atoms with Crippen LogP contribution in [0.15, 0.2) is 47.5 Å². The molecule has 0 atom stereocenters. The first-order chi connectivity index (χ1) is 9.99. The maximum absolute atomic E-state index is 10.8. The summed E-state index contributed by atoms with van der Waals surface area (Å²) < 4.78 is 0. The molecule has 21 heavy (non-hydrogen) atoms. The molecule has 0 aliphatic rings. The molecule has 0 aromatic heterocycles. The zero-order valence-corrected chi connectivity index (χ0v) is 11.1. The van der Waals surface area contributed by atoms with Crippen molar-refractivity contribution in [1.82, 2.24) is 0 Å². The summed E-state index contributed by atoms with van der Waals surface area (Å²) in [7, 11) is 0. The third kappa shape index (κ3) is 3.27. The Labute approximate surface area is 119 Å². The van der Waals surface area contributed by atoms with E-state index in [1.54, 1.807) is 31.2 Å². The normalized spacial score (nSPS) is 10.7. The zero-order chi connectivity index (χ0) is 15.4. The predicted molar refractivity (Wildman–Crippen MR) is 78.2 cm³/mol. The Morgan fingerprint density at radius 3 is 2.24 bits per heavy atom. The lowest BCUT2D eigenvalue weighted by Gasteiger charge is -2.00. The first kappa shape index (κ1) is 14.3. The summed E-state index contributed by atoms with van der Waals surface area (Å²) in [4.78, 5) is 24.6. The molecule has 106 valence electrons. The molecule has 0 saturated heterocycles.